The molecule has 1 unspecified atom stereocenters. The van der Waals surface area contributed by atoms with Crippen molar-refractivity contribution in [2.75, 3.05) is 18.8 Å². The van der Waals surface area contributed by atoms with Crippen molar-refractivity contribution in [1.82, 2.24) is 4.90 Å². The van der Waals surface area contributed by atoms with Crippen LogP contribution in [0.1, 0.15) is 26.2 Å². The number of rotatable bonds is 4. The lowest BCUT2D eigenvalue weighted by Crippen LogP contribution is -2.41. The third kappa shape index (κ3) is 3.33. The molecule has 0 aliphatic carbocycles. The van der Waals surface area contributed by atoms with E-state index in [9.17, 15) is 8.42 Å². The van der Waals surface area contributed by atoms with Gasteiger partial charge in [-0.15, -0.1) is 0 Å². The van der Waals surface area contributed by atoms with Crippen molar-refractivity contribution in [2.24, 2.45) is 0 Å². The molecule has 4 heteroatoms. The summed E-state index contributed by atoms with van der Waals surface area (Å²) in [5.41, 5.74) is 0. The SMILES string of the molecule is CC(CS(=O)(=O)c1ccccc1)N1CCCCC1. The first-order valence-corrected chi connectivity index (χ1v) is 8.27. The highest BCUT2D eigenvalue weighted by atomic mass is 32.2. The molecule has 0 amide bonds. The van der Waals surface area contributed by atoms with Crippen LogP contribution in [0.15, 0.2) is 35.2 Å². The van der Waals surface area contributed by atoms with Gasteiger partial charge in [0.2, 0.25) is 0 Å². The molecule has 0 N–H and O–H groups in total. The molecule has 1 aromatic rings. The van der Waals surface area contributed by atoms with Crippen molar-refractivity contribution in [2.45, 2.75) is 37.1 Å². The molecule has 3 nitrogen and oxygen atoms in total. The van der Waals surface area contributed by atoms with Gasteiger partial charge in [-0.2, -0.15) is 0 Å². The van der Waals surface area contributed by atoms with E-state index < -0.39 is 9.84 Å². The van der Waals surface area contributed by atoms with Gasteiger partial charge in [0.1, 0.15) is 0 Å². The Bertz CT molecular complexity index is 464. The maximum Gasteiger partial charge on any atom is 0.179 e. The number of piperidine rings is 1. The Balaban J connectivity index is 2.04. The zero-order valence-corrected chi connectivity index (χ0v) is 11.7. The summed E-state index contributed by atoms with van der Waals surface area (Å²) in [6.45, 7) is 4.09. The number of nitrogens with zero attached hydrogens (tertiary/aromatic N) is 1. The van der Waals surface area contributed by atoms with Gasteiger partial charge in [0.15, 0.2) is 9.84 Å². The predicted molar refractivity (Wildman–Crippen MR) is 73.4 cm³/mol. The van der Waals surface area contributed by atoms with Crippen LogP contribution < -0.4 is 0 Å². The van der Waals surface area contributed by atoms with Gasteiger partial charge in [-0.05, 0) is 45.0 Å². The molecule has 0 aromatic heterocycles. The molecule has 1 aliphatic rings. The standard InChI is InChI=1S/C14H21NO2S/c1-13(15-10-6-3-7-11-15)12-18(16,17)14-8-4-2-5-9-14/h2,4-5,8-9,13H,3,6-7,10-12H2,1H3. The van der Waals surface area contributed by atoms with Gasteiger partial charge < -0.3 is 0 Å². The second-order valence-corrected chi connectivity index (χ2v) is 7.07. The Kier molecular flexibility index (Phi) is 4.40. The Morgan fingerprint density at radius 2 is 1.72 bits per heavy atom. The fourth-order valence-electron chi connectivity index (χ4n) is 2.51. The van der Waals surface area contributed by atoms with Gasteiger partial charge in [0.05, 0.1) is 10.6 Å². The van der Waals surface area contributed by atoms with Crippen molar-refractivity contribution in [3.05, 3.63) is 30.3 Å². The highest BCUT2D eigenvalue weighted by molar-refractivity contribution is 7.91. The highest BCUT2D eigenvalue weighted by Gasteiger charge is 2.23. The number of sulfone groups is 1. The molecular formula is C14H21NO2S. The normalized spacial score (nSPS) is 19.6. The monoisotopic (exact) mass is 267 g/mol. The average molecular weight is 267 g/mol. The summed E-state index contributed by atoms with van der Waals surface area (Å²) in [5, 5.41) is 0. The summed E-state index contributed by atoms with van der Waals surface area (Å²) in [6.07, 6.45) is 3.65. The van der Waals surface area contributed by atoms with Crippen LogP contribution >= 0.6 is 0 Å². The van der Waals surface area contributed by atoms with E-state index in [2.05, 4.69) is 4.90 Å². The van der Waals surface area contributed by atoms with Gasteiger partial charge in [-0.1, -0.05) is 24.6 Å². The lowest BCUT2D eigenvalue weighted by molar-refractivity contribution is 0.186. The highest BCUT2D eigenvalue weighted by Crippen LogP contribution is 2.17. The van der Waals surface area contributed by atoms with Crippen LogP contribution in [0.2, 0.25) is 0 Å². The van der Waals surface area contributed by atoms with E-state index in [1.165, 1.54) is 19.3 Å². The summed E-state index contributed by atoms with van der Waals surface area (Å²) in [6, 6.07) is 8.86. The molecule has 1 saturated heterocycles. The van der Waals surface area contributed by atoms with E-state index in [1.54, 1.807) is 24.3 Å². The van der Waals surface area contributed by atoms with Crippen LogP contribution in [0, 0.1) is 0 Å². The van der Waals surface area contributed by atoms with Gasteiger partial charge in [-0.3, -0.25) is 4.90 Å². The zero-order valence-electron chi connectivity index (χ0n) is 10.9. The van der Waals surface area contributed by atoms with Crippen LogP contribution in [-0.4, -0.2) is 38.2 Å². The van der Waals surface area contributed by atoms with E-state index in [1.807, 2.05) is 13.0 Å². The maximum absolute atomic E-state index is 12.3. The van der Waals surface area contributed by atoms with Crippen LogP contribution in [0.5, 0.6) is 0 Å². The molecule has 0 saturated carbocycles. The van der Waals surface area contributed by atoms with E-state index in [4.69, 9.17) is 0 Å². The first-order valence-electron chi connectivity index (χ1n) is 6.61. The first-order chi connectivity index (χ1) is 8.59. The summed E-state index contributed by atoms with van der Waals surface area (Å²) in [5.74, 6) is 0.219. The van der Waals surface area contributed by atoms with Crippen LogP contribution in [0.4, 0.5) is 0 Å². The second kappa shape index (κ2) is 5.85. The minimum Gasteiger partial charge on any atom is -0.300 e. The minimum absolute atomic E-state index is 0.107. The van der Waals surface area contributed by atoms with Crippen LogP contribution in [0.3, 0.4) is 0 Å². The Labute approximate surface area is 110 Å². The summed E-state index contributed by atoms with van der Waals surface area (Å²) in [7, 11) is -3.15. The molecule has 100 valence electrons. The molecular weight excluding hydrogens is 246 g/mol. The number of benzene rings is 1. The Morgan fingerprint density at radius 3 is 2.33 bits per heavy atom. The van der Waals surface area contributed by atoms with Gasteiger partial charge >= 0.3 is 0 Å². The first kappa shape index (κ1) is 13.6. The maximum atomic E-state index is 12.3. The van der Waals surface area contributed by atoms with Crippen molar-refractivity contribution < 1.29 is 8.42 Å². The average Bonchev–Trinajstić information content (AvgIpc) is 2.40. The number of hydrogen-bond donors (Lipinski definition) is 0. The smallest absolute Gasteiger partial charge is 0.179 e. The van der Waals surface area contributed by atoms with E-state index >= 15 is 0 Å². The summed E-state index contributed by atoms with van der Waals surface area (Å²) in [4.78, 5) is 2.73. The molecule has 1 heterocycles. The Morgan fingerprint density at radius 1 is 1.11 bits per heavy atom. The molecule has 1 fully saturated rings. The molecule has 18 heavy (non-hydrogen) atoms. The molecule has 0 bridgehead atoms. The molecule has 0 radical (unpaired) electrons. The van der Waals surface area contributed by atoms with Crippen molar-refractivity contribution in [3.63, 3.8) is 0 Å². The quantitative estimate of drug-likeness (QED) is 0.840. The van der Waals surface area contributed by atoms with E-state index in [-0.39, 0.29) is 11.8 Å². The lowest BCUT2D eigenvalue weighted by Gasteiger charge is -2.32. The van der Waals surface area contributed by atoms with E-state index in [0.717, 1.165) is 13.1 Å². The fourth-order valence-corrected chi connectivity index (χ4v) is 4.12. The predicted octanol–water partition coefficient (Wildman–Crippen LogP) is 2.33. The fraction of sp³-hybridized carbons (Fsp3) is 0.571. The molecule has 1 aliphatic heterocycles. The molecule has 1 aromatic carbocycles. The van der Waals surface area contributed by atoms with Crippen LogP contribution in [-0.2, 0) is 9.84 Å². The van der Waals surface area contributed by atoms with E-state index in [0.29, 0.717) is 4.90 Å². The topological polar surface area (TPSA) is 37.4 Å². The zero-order chi connectivity index (χ0) is 13.0. The summed E-state index contributed by atoms with van der Waals surface area (Å²) < 4.78 is 24.5. The largest absolute Gasteiger partial charge is 0.300 e. The molecule has 0 spiro atoms. The third-order valence-corrected chi connectivity index (χ3v) is 5.49. The van der Waals surface area contributed by atoms with Gasteiger partial charge in [0.25, 0.3) is 0 Å². The second-order valence-electron chi connectivity index (χ2n) is 5.04. The van der Waals surface area contributed by atoms with Gasteiger partial charge in [-0.25, -0.2) is 8.42 Å². The van der Waals surface area contributed by atoms with Gasteiger partial charge in [0, 0.05) is 6.04 Å². The summed E-state index contributed by atoms with van der Waals surface area (Å²) >= 11 is 0. The molecule has 2 rings (SSSR count). The van der Waals surface area contributed by atoms with Crippen molar-refractivity contribution in [1.29, 1.82) is 0 Å². The number of likely N-dealkylation sites (tertiary alicyclic amines) is 1. The third-order valence-electron chi connectivity index (χ3n) is 3.58. The van der Waals surface area contributed by atoms with Crippen molar-refractivity contribution >= 4 is 9.84 Å². The van der Waals surface area contributed by atoms with Crippen molar-refractivity contribution in [3.8, 4) is 0 Å². The number of hydrogen-bond acceptors (Lipinski definition) is 3. The van der Waals surface area contributed by atoms with Crippen LogP contribution in [0.25, 0.3) is 0 Å². The minimum atomic E-state index is -3.15. The molecule has 1 atom stereocenters. The lowest BCUT2D eigenvalue weighted by atomic mass is 10.1. The Hall–Kier alpha value is -0.870.